The van der Waals surface area contributed by atoms with Gasteiger partial charge in [0.2, 0.25) is 0 Å². The molecule has 6 N–H and O–H groups in total. The summed E-state index contributed by atoms with van der Waals surface area (Å²) in [6.45, 7) is 3.88. The first-order chi connectivity index (χ1) is 29.0. The molecule has 0 saturated carbocycles. The molecule has 0 aliphatic rings. The summed E-state index contributed by atoms with van der Waals surface area (Å²) in [6.07, 6.45) is 26.5. The number of rotatable bonds is 44. The summed E-state index contributed by atoms with van der Waals surface area (Å²) >= 11 is 0. The van der Waals surface area contributed by atoms with Crippen LogP contribution in [0.4, 0.5) is 0 Å². The Morgan fingerprint density at radius 1 is 0.541 bits per heavy atom. The number of aliphatic hydroxyl groups is 3. The van der Waals surface area contributed by atoms with Gasteiger partial charge < -0.3 is 39.5 Å². The van der Waals surface area contributed by atoms with Crippen molar-refractivity contribution in [2.24, 2.45) is 5.92 Å². The maximum atomic E-state index is 12.7. The Morgan fingerprint density at radius 3 is 1.54 bits per heavy atom. The van der Waals surface area contributed by atoms with E-state index >= 15 is 0 Å². The molecule has 61 heavy (non-hydrogen) atoms. The van der Waals surface area contributed by atoms with Gasteiger partial charge in [-0.3, -0.25) is 23.2 Å². The normalized spacial score (nSPS) is 15.2. The second-order valence-corrected chi connectivity index (χ2v) is 19.5. The molecule has 0 aromatic carbocycles. The van der Waals surface area contributed by atoms with Crippen molar-refractivity contribution in [2.45, 2.75) is 225 Å². The number of hydrogen-bond acceptors (Lipinski definition) is 12. The van der Waals surface area contributed by atoms with Crippen LogP contribution < -0.4 is 0 Å². The Balaban J connectivity index is 4.56. The van der Waals surface area contributed by atoms with Crippen molar-refractivity contribution in [2.75, 3.05) is 26.4 Å². The SMILES string of the molecule is CCCCC/C=C\C[C@@H](O)[C@H](O)CCCCCCCC(=O)OC[C@H](COP(=O)(O)OC[C@@H](O)COP(=O)(O)O)OC(=O)CCCCCCCCCCCCCCCCC(C)C. The van der Waals surface area contributed by atoms with Crippen molar-refractivity contribution in [1.82, 2.24) is 0 Å². The number of ether oxygens (including phenoxy) is 2. The summed E-state index contributed by atoms with van der Waals surface area (Å²) in [6, 6.07) is 0. The predicted octanol–water partition coefficient (Wildman–Crippen LogP) is 9.92. The average Bonchev–Trinajstić information content (AvgIpc) is 3.20. The number of allylic oxidation sites excluding steroid dienone is 1. The molecule has 0 saturated heterocycles. The lowest BCUT2D eigenvalue weighted by molar-refractivity contribution is -0.161. The van der Waals surface area contributed by atoms with Crippen molar-refractivity contribution in [3.63, 3.8) is 0 Å². The van der Waals surface area contributed by atoms with Crippen LogP contribution in [0.1, 0.15) is 201 Å². The number of hydrogen-bond donors (Lipinski definition) is 6. The smallest absolute Gasteiger partial charge is 0.462 e. The number of carbonyl (C=O) groups excluding carboxylic acids is 2. The van der Waals surface area contributed by atoms with Crippen molar-refractivity contribution < 1.29 is 71.8 Å². The van der Waals surface area contributed by atoms with Crippen LogP contribution in [-0.4, -0.2) is 92.8 Å². The van der Waals surface area contributed by atoms with Crippen molar-refractivity contribution in [3.05, 3.63) is 12.2 Å². The van der Waals surface area contributed by atoms with Crippen LogP contribution in [0.2, 0.25) is 0 Å². The molecule has 1 unspecified atom stereocenters. The van der Waals surface area contributed by atoms with Gasteiger partial charge in [0.25, 0.3) is 0 Å². The van der Waals surface area contributed by atoms with Gasteiger partial charge in [0.15, 0.2) is 6.10 Å². The molecule has 0 fully saturated rings. The summed E-state index contributed by atoms with van der Waals surface area (Å²) in [5, 5.41) is 30.2. The first-order valence-electron chi connectivity index (χ1n) is 23.4. The fourth-order valence-corrected chi connectivity index (χ4v) is 7.71. The topological polar surface area (TPSA) is 236 Å². The van der Waals surface area contributed by atoms with E-state index < -0.39 is 78.4 Å². The van der Waals surface area contributed by atoms with Crippen LogP contribution >= 0.6 is 15.6 Å². The Morgan fingerprint density at radius 2 is 1.02 bits per heavy atom. The summed E-state index contributed by atoms with van der Waals surface area (Å²) in [5.74, 6) is -0.333. The van der Waals surface area contributed by atoms with E-state index in [4.69, 9.17) is 23.8 Å². The summed E-state index contributed by atoms with van der Waals surface area (Å²) in [4.78, 5) is 52.8. The van der Waals surface area contributed by atoms with Gasteiger partial charge in [-0.25, -0.2) is 9.13 Å². The molecule has 0 bridgehead atoms. The maximum Gasteiger partial charge on any atom is 0.472 e. The number of aliphatic hydroxyl groups excluding tert-OH is 3. The molecule has 0 aliphatic heterocycles. The second-order valence-electron chi connectivity index (χ2n) is 16.8. The van der Waals surface area contributed by atoms with E-state index in [1.165, 1.54) is 70.6 Å². The highest BCUT2D eigenvalue weighted by atomic mass is 31.2. The zero-order chi connectivity index (χ0) is 45.6. The monoisotopic (exact) mass is 917 g/mol. The minimum atomic E-state index is -4.88. The number of phosphoric acid groups is 2. The first-order valence-corrected chi connectivity index (χ1v) is 26.4. The van der Waals surface area contributed by atoms with Gasteiger partial charge in [0.1, 0.15) is 12.7 Å². The molecule has 17 heteroatoms. The molecule has 0 aliphatic carbocycles. The molecular formula is C44H86O15P2. The van der Waals surface area contributed by atoms with Gasteiger partial charge >= 0.3 is 27.6 Å². The molecule has 0 rings (SSSR count). The standard InChI is InChI=1S/C44H86O15P2/c1-4-5-6-7-20-25-30-41(46)42(47)31-26-21-18-23-27-32-43(48)55-36-40(37-58-61(53,54)57-35-39(45)34-56-60(50,51)52)59-44(49)33-28-22-17-15-13-11-9-8-10-12-14-16-19-24-29-38(2)3/h20,25,38-42,45-47H,4-19,21-24,26-37H2,1-3H3,(H,53,54)(H2,50,51,52)/b25-20-/t39-,40+,41+,42+/m0/s1. The van der Waals surface area contributed by atoms with Gasteiger partial charge in [0, 0.05) is 12.8 Å². The lowest BCUT2D eigenvalue weighted by Crippen LogP contribution is -2.30. The third-order valence-corrected chi connectivity index (χ3v) is 11.7. The van der Waals surface area contributed by atoms with E-state index in [0.29, 0.717) is 25.7 Å². The Hall–Kier alpha value is -1.22. The molecule has 0 radical (unpaired) electrons. The molecule has 5 atom stereocenters. The largest absolute Gasteiger partial charge is 0.472 e. The van der Waals surface area contributed by atoms with Crippen LogP contribution in [0.15, 0.2) is 12.2 Å². The van der Waals surface area contributed by atoms with Gasteiger partial charge in [0.05, 0.1) is 32.0 Å². The molecule has 15 nitrogen and oxygen atoms in total. The van der Waals surface area contributed by atoms with E-state index in [1.807, 2.05) is 6.08 Å². The summed E-state index contributed by atoms with van der Waals surface area (Å²) < 4.78 is 47.8. The molecule has 0 amide bonds. The lowest BCUT2D eigenvalue weighted by Gasteiger charge is -2.20. The fourth-order valence-electron chi connectivity index (χ4n) is 6.56. The minimum absolute atomic E-state index is 0.0995. The molecule has 362 valence electrons. The van der Waals surface area contributed by atoms with Crippen LogP contribution in [0.5, 0.6) is 0 Å². The molecule has 0 heterocycles. The minimum Gasteiger partial charge on any atom is -0.462 e. The van der Waals surface area contributed by atoms with Crippen molar-refractivity contribution in [1.29, 1.82) is 0 Å². The number of carbonyl (C=O) groups is 2. The van der Waals surface area contributed by atoms with Crippen LogP contribution in [0.3, 0.4) is 0 Å². The van der Waals surface area contributed by atoms with E-state index in [-0.39, 0.29) is 12.8 Å². The third kappa shape index (κ3) is 42.5. The van der Waals surface area contributed by atoms with Crippen LogP contribution in [0.25, 0.3) is 0 Å². The number of phosphoric ester groups is 2. The lowest BCUT2D eigenvalue weighted by atomic mass is 10.0. The van der Waals surface area contributed by atoms with Crippen molar-refractivity contribution in [3.8, 4) is 0 Å². The van der Waals surface area contributed by atoms with E-state index in [9.17, 15) is 38.9 Å². The zero-order valence-electron chi connectivity index (χ0n) is 37.9. The highest BCUT2D eigenvalue weighted by Gasteiger charge is 2.28. The number of unbranched alkanes of at least 4 members (excludes halogenated alkanes) is 20. The van der Waals surface area contributed by atoms with Gasteiger partial charge in [-0.2, -0.15) is 0 Å². The fraction of sp³-hybridized carbons (Fsp3) is 0.909. The summed E-state index contributed by atoms with van der Waals surface area (Å²) in [5.41, 5.74) is 0. The number of esters is 2. The van der Waals surface area contributed by atoms with Crippen molar-refractivity contribution >= 4 is 27.6 Å². The van der Waals surface area contributed by atoms with E-state index in [0.717, 1.165) is 76.5 Å². The third-order valence-electron chi connectivity index (χ3n) is 10.3. The van der Waals surface area contributed by atoms with Crippen LogP contribution in [-0.2, 0) is 41.8 Å². The van der Waals surface area contributed by atoms with Gasteiger partial charge in [-0.15, -0.1) is 0 Å². The Labute approximate surface area is 367 Å². The molecule has 0 spiro atoms. The first kappa shape index (κ1) is 59.8. The Bertz CT molecular complexity index is 1180. The van der Waals surface area contributed by atoms with E-state index in [2.05, 4.69) is 35.9 Å². The summed E-state index contributed by atoms with van der Waals surface area (Å²) in [7, 11) is -9.72. The van der Waals surface area contributed by atoms with Gasteiger partial charge in [-0.05, 0) is 44.4 Å². The average molecular weight is 917 g/mol. The highest BCUT2D eigenvalue weighted by Crippen LogP contribution is 2.44. The quantitative estimate of drug-likeness (QED) is 0.0144. The predicted molar refractivity (Wildman–Crippen MR) is 238 cm³/mol. The Kier molecular flexibility index (Phi) is 38.4. The second kappa shape index (κ2) is 39.2. The molecule has 0 aromatic rings. The van der Waals surface area contributed by atoms with E-state index in [1.54, 1.807) is 0 Å². The maximum absolute atomic E-state index is 12.7. The van der Waals surface area contributed by atoms with Crippen LogP contribution in [0, 0.1) is 5.92 Å². The highest BCUT2D eigenvalue weighted by molar-refractivity contribution is 7.47. The van der Waals surface area contributed by atoms with Gasteiger partial charge in [-0.1, -0.05) is 161 Å². The zero-order valence-corrected chi connectivity index (χ0v) is 39.7. The molecular weight excluding hydrogens is 830 g/mol. The molecule has 0 aromatic heterocycles.